The highest BCUT2D eigenvalue weighted by Gasteiger charge is 2.16. The molecule has 0 spiro atoms. The van der Waals surface area contributed by atoms with E-state index in [9.17, 15) is 9.59 Å². The molecule has 1 N–H and O–H groups in total. The zero-order chi connectivity index (χ0) is 21.4. The molecule has 0 atom stereocenters. The Bertz CT molecular complexity index is 1280. The third kappa shape index (κ3) is 3.47. The van der Waals surface area contributed by atoms with Gasteiger partial charge in [-0.1, -0.05) is 12.1 Å². The molecule has 0 saturated heterocycles. The van der Waals surface area contributed by atoms with Crippen LogP contribution in [0.5, 0.6) is 0 Å². The number of nitrogens with zero attached hydrogens (tertiary/aromatic N) is 5. The van der Waals surface area contributed by atoms with Crippen molar-refractivity contribution >= 4 is 28.3 Å². The van der Waals surface area contributed by atoms with E-state index >= 15 is 0 Å². The lowest BCUT2D eigenvalue weighted by atomic mass is 10.1. The summed E-state index contributed by atoms with van der Waals surface area (Å²) in [7, 11) is 7.28. The lowest BCUT2D eigenvalue weighted by Crippen LogP contribution is -2.19. The van der Waals surface area contributed by atoms with E-state index in [0.29, 0.717) is 17.8 Å². The van der Waals surface area contributed by atoms with Crippen LogP contribution in [0.1, 0.15) is 15.9 Å². The summed E-state index contributed by atoms with van der Waals surface area (Å²) in [5.74, 6) is -0.203. The van der Waals surface area contributed by atoms with Gasteiger partial charge < -0.3 is 14.8 Å². The van der Waals surface area contributed by atoms with Crippen LogP contribution >= 0.6 is 0 Å². The Hall–Kier alpha value is -3.81. The highest BCUT2D eigenvalue weighted by Crippen LogP contribution is 2.30. The molecule has 0 saturated carbocycles. The molecule has 154 valence electrons. The van der Waals surface area contributed by atoms with E-state index in [1.54, 1.807) is 41.8 Å². The number of rotatable bonds is 5. The third-order valence-corrected chi connectivity index (χ3v) is 5.23. The van der Waals surface area contributed by atoms with E-state index in [1.807, 2.05) is 60.1 Å². The second kappa shape index (κ2) is 7.55. The van der Waals surface area contributed by atoms with Gasteiger partial charge in [-0.25, -0.2) is 9.78 Å². The fourth-order valence-electron chi connectivity index (χ4n) is 3.60. The number of nitrogens with one attached hydrogen (secondary N) is 1. The molecule has 0 aliphatic rings. The SMILES string of the molecule is CN(C)c1cc2c(cc1NC(=O)c1cccc(Cn3ccnc3)c1)n(C)c(=O)n2C. The molecule has 0 unspecified atom stereocenters. The van der Waals surface area contributed by atoms with Gasteiger partial charge >= 0.3 is 5.69 Å². The number of anilines is 2. The maximum Gasteiger partial charge on any atom is 0.328 e. The van der Waals surface area contributed by atoms with Crippen LogP contribution in [0.3, 0.4) is 0 Å². The summed E-state index contributed by atoms with van der Waals surface area (Å²) in [4.78, 5) is 31.3. The maximum atomic E-state index is 13.0. The second-order valence-corrected chi connectivity index (χ2v) is 7.54. The van der Waals surface area contributed by atoms with Gasteiger partial charge in [-0.05, 0) is 29.8 Å². The summed E-state index contributed by atoms with van der Waals surface area (Å²) in [5, 5.41) is 3.02. The first-order valence-corrected chi connectivity index (χ1v) is 9.58. The molecular formula is C22H24N6O2. The molecule has 4 rings (SSSR count). The topological polar surface area (TPSA) is 77.1 Å². The molecule has 0 aliphatic heterocycles. The Morgan fingerprint density at radius 2 is 1.83 bits per heavy atom. The van der Waals surface area contributed by atoms with Gasteiger partial charge in [0.2, 0.25) is 0 Å². The number of aromatic nitrogens is 4. The van der Waals surface area contributed by atoms with Crippen LogP contribution in [0.4, 0.5) is 11.4 Å². The maximum absolute atomic E-state index is 13.0. The molecule has 8 nitrogen and oxygen atoms in total. The highest BCUT2D eigenvalue weighted by molar-refractivity contribution is 6.07. The molecule has 2 heterocycles. The second-order valence-electron chi connectivity index (χ2n) is 7.54. The standard InChI is InChI=1S/C22H24N6O2/c1-25(2)18-12-20-19(26(3)22(30)27(20)4)11-17(18)24-21(29)16-7-5-6-15(10-16)13-28-9-8-23-14-28/h5-12,14H,13H2,1-4H3,(H,24,29). The highest BCUT2D eigenvalue weighted by atomic mass is 16.2. The first kappa shape index (κ1) is 19.5. The van der Waals surface area contributed by atoms with Crippen molar-refractivity contribution in [2.75, 3.05) is 24.3 Å². The number of carbonyl (C=O) groups excluding carboxylic acids is 1. The van der Waals surface area contributed by atoms with Crippen molar-refractivity contribution in [3.05, 3.63) is 76.7 Å². The van der Waals surface area contributed by atoms with Gasteiger partial charge in [-0.3, -0.25) is 13.9 Å². The smallest absolute Gasteiger partial charge is 0.328 e. The number of benzene rings is 2. The lowest BCUT2D eigenvalue weighted by molar-refractivity contribution is 0.102. The van der Waals surface area contributed by atoms with Gasteiger partial charge in [0.15, 0.2) is 0 Å². The predicted molar refractivity (Wildman–Crippen MR) is 118 cm³/mol. The van der Waals surface area contributed by atoms with Crippen molar-refractivity contribution in [2.24, 2.45) is 14.1 Å². The predicted octanol–water partition coefficient (Wildman–Crippen LogP) is 2.44. The average molecular weight is 404 g/mol. The van der Waals surface area contributed by atoms with E-state index in [1.165, 1.54) is 0 Å². The Balaban J connectivity index is 1.68. The average Bonchev–Trinajstić information content (AvgIpc) is 3.31. The normalized spacial score (nSPS) is 11.1. The molecule has 2 aromatic carbocycles. The minimum Gasteiger partial charge on any atom is -0.376 e. The van der Waals surface area contributed by atoms with Crippen molar-refractivity contribution in [2.45, 2.75) is 6.54 Å². The summed E-state index contributed by atoms with van der Waals surface area (Å²) in [6.07, 6.45) is 5.36. The fraction of sp³-hybridized carbons (Fsp3) is 0.227. The van der Waals surface area contributed by atoms with E-state index < -0.39 is 0 Å². The molecule has 0 radical (unpaired) electrons. The number of hydrogen-bond acceptors (Lipinski definition) is 4. The van der Waals surface area contributed by atoms with Gasteiger partial charge in [0.25, 0.3) is 5.91 Å². The summed E-state index contributed by atoms with van der Waals surface area (Å²) in [5.41, 5.74) is 4.52. The first-order chi connectivity index (χ1) is 14.3. The van der Waals surface area contributed by atoms with Crippen LogP contribution in [0, 0.1) is 0 Å². The number of imidazole rings is 2. The zero-order valence-electron chi connectivity index (χ0n) is 17.5. The summed E-state index contributed by atoms with van der Waals surface area (Å²) in [6, 6.07) is 11.3. The van der Waals surface area contributed by atoms with E-state index in [2.05, 4.69) is 10.3 Å². The lowest BCUT2D eigenvalue weighted by Gasteiger charge is -2.19. The minimum atomic E-state index is -0.203. The van der Waals surface area contributed by atoms with E-state index in [4.69, 9.17) is 0 Å². The molecule has 30 heavy (non-hydrogen) atoms. The molecule has 0 bridgehead atoms. The number of amides is 1. The van der Waals surface area contributed by atoms with Crippen LogP contribution < -0.4 is 15.9 Å². The van der Waals surface area contributed by atoms with Crippen LogP contribution in [0.25, 0.3) is 11.0 Å². The number of hydrogen-bond donors (Lipinski definition) is 1. The van der Waals surface area contributed by atoms with Crippen molar-refractivity contribution in [3.8, 4) is 0 Å². The molecule has 0 fully saturated rings. The van der Waals surface area contributed by atoms with Gasteiger partial charge in [-0.2, -0.15) is 0 Å². The Morgan fingerprint density at radius 1 is 1.10 bits per heavy atom. The van der Waals surface area contributed by atoms with Crippen molar-refractivity contribution < 1.29 is 4.79 Å². The van der Waals surface area contributed by atoms with E-state index in [0.717, 1.165) is 22.3 Å². The van der Waals surface area contributed by atoms with Crippen LogP contribution in [-0.4, -0.2) is 38.7 Å². The first-order valence-electron chi connectivity index (χ1n) is 9.58. The minimum absolute atomic E-state index is 0.106. The van der Waals surface area contributed by atoms with Crippen molar-refractivity contribution in [1.29, 1.82) is 0 Å². The van der Waals surface area contributed by atoms with Crippen LogP contribution in [0.15, 0.2) is 59.9 Å². The molecule has 1 amide bonds. The van der Waals surface area contributed by atoms with Crippen LogP contribution in [-0.2, 0) is 20.6 Å². The Morgan fingerprint density at radius 3 is 2.50 bits per heavy atom. The summed E-state index contributed by atoms with van der Waals surface area (Å²) < 4.78 is 5.13. The van der Waals surface area contributed by atoms with Gasteiger partial charge in [-0.15, -0.1) is 0 Å². The van der Waals surface area contributed by atoms with Crippen molar-refractivity contribution in [3.63, 3.8) is 0 Å². The summed E-state index contributed by atoms with van der Waals surface area (Å²) >= 11 is 0. The number of aryl methyl sites for hydroxylation is 2. The number of carbonyl (C=O) groups is 1. The van der Waals surface area contributed by atoms with Gasteiger partial charge in [0.05, 0.1) is 28.7 Å². The van der Waals surface area contributed by atoms with E-state index in [-0.39, 0.29) is 11.6 Å². The zero-order valence-corrected chi connectivity index (χ0v) is 17.5. The fourth-order valence-corrected chi connectivity index (χ4v) is 3.60. The largest absolute Gasteiger partial charge is 0.376 e. The Labute approximate surface area is 174 Å². The van der Waals surface area contributed by atoms with Gasteiger partial charge in [0.1, 0.15) is 0 Å². The van der Waals surface area contributed by atoms with Gasteiger partial charge in [0, 0.05) is 52.7 Å². The summed E-state index contributed by atoms with van der Waals surface area (Å²) in [6.45, 7) is 0.641. The Kier molecular flexibility index (Phi) is 4.91. The molecule has 0 aliphatic carbocycles. The van der Waals surface area contributed by atoms with Crippen LogP contribution in [0.2, 0.25) is 0 Å². The monoisotopic (exact) mass is 404 g/mol. The molecule has 2 aromatic heterocycles. The third-order valence-electron chi connectivity index (χ3n) is 5.23. The molecule has 8 heteroatoms. The molecular weight excluding hydrogens is 380 g/mol. The molecule has 4 aromatic rings. The quantitative estimate of drug-likeness (QED) is 0.554. The number of fused-ring (bicyclic) bond motifs is 1. The van der Waals surface area contributed by atoms with Crippen molar-refractivity contribution in [1.82, 2.24) is 18.7 Å².